The third-order valence-corrected chi connectivity index (χ3v) is 4.81. The van der Waals surface area contributed by atoms with Crippen LogP contribution < -0.4 is 18.9 Å². The Labute approximate surface area is 142 Å². The maximum absolute atomic E-state index is 12.6. The summed E-state index contributed by atoms with van der Waals surface area (Å²) in [5, 5.41) is 0. The van der Waals surface area contributed by atoms with Gasteiger partial charge < -0.3 is 14.2 Å². The molecule has 6 nitrogen and oxygen atoms in total. The molecule has 0 bridgehead atoms. The quantitative estimate of drug-likeness (QED) is 0.791. The molecule has 130 valence electrons. The van der Waals surface area contributed by atoms with Gasteiger partial charge in [0.2, 0.25) is 10.0 Å². The Balaban J connectivity index is 2.26. The Morgan fingerprint density at radius 3 is 2.42 bits per heavy atom. The molecule has 2 aromatic carbocycles. The highest BCUT2D eigenvalue weighted by Gasteiger charge is 2.21. The summed E-state index contributed by atoms with van der Waals surface area (Å²) in [4.78, 5) is 0.0261. The molecule has 0 spiro atoms. The van der Waals surface area contributed by atoms with Gasteiger partial charge in [0.05, 0.1) is 20.8 Å². The Kier molecular flexibility index (Phi) is 6.05. The molecule has 0 fully saturated rings. The molecular formula is C17H21NO5S. The summed E-state index contributed by atoms with van der Waals surface area (Å²) in [7, 11) is -0.878. The Morgan fingerprint density at radius 2 is 1.75 bits per heavy atom. The van der Waals surface area contributed by atoms with E-state index in [1.54, 1.807) is 18.2 Å². The average molecular weight is 351 g/mol. The number of benzene rings is 2. The molecule has 0 aliphatic carbocycles. The molecular weight excluding hydrogens is 330 g/mol. The number of nitrogens with one attached hydrogen (secondary N) is 1. The average Bonchev–Trinajstić information content (AvgIpc) is 2.60. The molecule has 0 aliphatic rings. The molecule has 0 aliphatic heterocycles. The fourth-order valence-electron chi connectivity index (χ4n) is 2.19. The minimum atomic E-state index is -3.78. The number of hydrogen-bond acceptors (Lipinski definition) is 5. The number of rotatable bonds is 8. The van der Waals surface area contributed by atoms with Crippen molar-refractivity contribution >= 4 is 10.0 Å². The van der Waals surface area contributed by atoms with E-state index >= 15 is 0 Å². The van der Waals surface area contributed by atoms with Crippen molar-refractivity contribution in [1.82, 2.24) is 4.72 Å². The SMILES string of the molecule is CCOc1ccccc1CNS(=O)(=O)c1cc(OC)ccc1OC. The zero-order valence-corrected chi connectivity index (χ0v) is 14.7. The van der Waals surface area contributed by atoms with Crippen molar-refractivity contribution in [3.05, 3.63) is 48.0 Å². The van der Waals surface area contributed by atoms with E-state index in [-0.39, 0.29) is 17.2 Å². The van der Waals surface area contributed by atoms with Crippen LogP contribution in [0.5, 0.6) is 17.2 Å². The second-order valence-electron chi connectivity index (χ2n) is 4.88. The summed E-state index contributed by atoms with van der Waals surface area (Å²) in [6.07, 6.45) is 0. The van der Waals surface area contributed by atoms with Crippen LogP contribution in [0.25, 0.3) is 0 Å². The first-order valence-corrected chi connectivity index (χ1v) is 8.92. The zero-order chi connectivity index (χ0) is 17.6. The number of methoxy groups -OCH3 is 2. The van der Waals surface area contributed by atoms with E-state index in [1.807, 2.05) is 25.1 Å². The first-order chi connectivity index (χ1) is 11.5. The molecule has 0 radical (unpaired) electrons. The molecule has 0 saturated heterocycles. The monoisotopic (exact) mass is 351 g/mol. The van der Waals surface area contributed by atoms with Gasteiger partial charge in [-0.05, 0) is 25.1 Å². The molecule has 0 heterocycles. The molecule has 2 rings (SSSR count). The molecule has 7 heteroatoms. The van der Waals surface area contributed by atoms with E-state index in [9.17, 15) is 8.42 Å². The highest BCUT2D eigenvalue weighted by atomic mass is 32.2. The predicted molar refractivity (Wildman–Crippen MR) is 91.2 cm³/mol. The van der Waals surface area contributed by atoms with Gasteiger partial charge in [-0.1, -0.05) is 18.2 Å². The Hall–Kier alpha value is -2.25. The highest BCUT2D eigenvalue weighted by Crippen LogP contribution is 2.28. The first kappa shape index (κ1) is 18.1. The van der Waals surface area contributed by atoms with E-state index in [0.29, 0.717) is 18.1 Å². The topological polar surface area (TPSA) is 73.9 Å². The molecule has 24 heavy (non-hydrogen) atoms. The summed E-state index contributed by atoms with van der Waals surface area (Å²) < 4.78 is 43.6. The summed E-state index contributed by atoms with van der Waals surface area (Å²) in [6.45, 7) is 2.49. The van der Waals surface area contributed by atoms with Crippen LogP contribution in [0.15, 0.2) is 47.4 Å². The van der Waals surface area contributed by atoms with Crippen molar-refractivity contribution in [2.24, 2.45) is 0 Å². The molecule has 0 atom stereocenters. The van der Waals surface area contributed by atoms with Crippen LogP contribution in [0.1, 0.15) is 12.5 Å². The lowest BCUT2D eigenvalue weighted by molar-refractivity contribution is 0.336. The van der Waals surface area contributed by atoms with Crippen LogP contribution in [0.3, 0.4) is 0 Å². The van der Waals surface area contributed by atoms with Crippen LogP contribution in [0.2, 0.25) is 0 Å². The second kappa shape index (κ2) is 8.03. The Morgan fingerprint density at radius 1 is 1.00 bits per heavy atom. The standard InChI is InChI=1S/C17H21NO5S/c1-4-23-15-8-6-5-7-13(15)12-18-24(19,20)17-11-14(21-2)9-10-16(17)22-3/h5-11,18H,4,12H2,1-3H3. The minimum Gasteiger partial charge on any atom is -0.497 e. The molecule has 0 unspecified atom stereocenters. The van der Waals surface area contributed by atoms with E-state index in [4.69, 9.17) is 14.2 Å². The van der Waals surface area contributed by atoms with E-state index in [1.165, 1.54) is 20.3 Å². The van der Waals surface area contributed by atoms with Gasteiger partial charge in [-0.3, -0.25) is 0 Å². The fourth-order valence-corrected chi connectivity index (χ4v) is 3.38. The molecule has 0 amide bonds. The number of sulfonamides is 1. The van der Waals surface area contributed by atoms with Crippen molar-refractivity contribution in [2.75, 3.05) is 20.8 Å². The smallest absolute Gasteiger partial charge is 0.244 e. The zero-order valence-electron chi connectivity index (χ0n) is 13.9. The normalized spacial score (nSPS) is 11.1. The van der Waals surface area contributed by atoms with Crippen molar-refractivity contribution < 1.29 is 22.6 Å². The van der Waals surface area contributed by atoms with Crippen LogP contribution in [0, 0.1) is 0 Å². The number of para-hydroxylation sites is 1. The fraction of sp³-hybridized carbons (Fsp3) is 0.294. The van der Waals surface area contributed by atoms with Gasteiger partial charge in [0, 0.05) is 18.2 Å². The summed E-state index contributed by atoms with van der Waals surface area (Å²) in [6, 6.07) is 11.9. The van der Waals surface area contributed by atoms with Gasteiger partial charge in [0.15, 0.2) is 0 Å². The third-order valence-electron chi connectivity index (χ3n) is 3.39. The Bertz CT molecular complexity index is 789. The summed E-state index contributed by atoms with van der Waals surface area (Å²) in [5.41, 5.74) is 0.754. The van der Waals surface area contributed by atoms with Gasteiger partial charge >= 0.3 is 0 Å². The molecule has 2 aromatic rings. The lowest BCUT2D eigenvalue weighted by Crippen LogP contribution is -2.24. The van der Waals surface area contributed by atoms with Crippen molar-refractivity contribution in [3.8, 4) is 17.2 Å². The largest absolute Gasteiger partial charge is 0.497 e. The van der Waals surface area contributed by atoms with E-state index < -0.39 is 10.0 Å². The van der Waals surface area contributed by atoms with Gasteiger partial charge in [-0.15, -0.1) is 0 Å². The van der Waals surface area contributed by atoms with Gasteiger partial charge in [0.25, 0.3) is 0 Å². The maximum Gasteiger partial charge on any atom is 0.244 e. The second-order valence-corrected chi connectivity index (χ2v) is 6.62. The van der Waals surface area contributed by atoms with Crippen molar-refractivity contribution in [3.63, 3.8) is 0 Å². The lowest BCUT2D eigenvalue weighted by atomic mass is 10.2. The molecule has 1 N–H and O–H groups in total. The van der Waals surface area contributed by atoms with Crippen LogP contribution in [0.4, 0.5) is 0 Å². The number of hydrogen-bond donors (Lipinski definition) is 1. The van der Waals surface area contributed by atoms with Gasteiger partial charge in [-0.25, -0.2) is 13.1 Å². The van der Waals surface area contributed by atoms with Gasteiger partial charge in [-0.2, -0.15) is 0 Å². The van der Waals surface area contributed by atoms with E-state index in [2.05, 4.69) is 4.72 Å². The van der Waals surface area contributed by atoms with Crippen LogP contribution in [-0.4, -0.2) is 29.2 Å². The maximum atomic E-state index is 12.6. The third kappa shape index (κ3) is 4.18. The highest BCUT2D eigenvalue weighted by molar-refractivity contribution is 7.89. The first-order valence-electron chi connectivity index (χ1n) is 7.44. The molecule has 0 aromatic heterocycles. The number of ether oxygens (including phenoxy) is 3. The summed E-state index contributed by atoms with van der Waals surface area (Å²) >= 11 is 0. The lowest BCUT2D eigenvalue weighted by Gasteiger charge is -2.14. The van der Waals surface area contributed by atoms with Gasteiger partial charge in [0.1, 0.15) is 22.1 Å². The molecule has 0 saturated carbocycles. The summed E-state index contributed by atoms with van der Waals surface area (Å²) in [5.74, 6) is 1.34. The predicted octanol–water partition coefficient (Wildman–Crippen LogP) is 2.58. The van der Waals surface area contributed by atoms with Crippen molar-refractivity contribution in [2.45, 2.75) is 18.4 Å². The van der Waals surface area contributed by atoms with Crippen molar-refractivity contribution in [1.29, 1.82) is 0 Å². The minimum absolute atomic E-state index is 0.0261. The van der Waals surface area contributed by atoms with E-state index in [0.717, 1.165) is 5.56 Å². The van der Waals surface area contributed by atoms with Crippen LogP contribution >= 0.6 is 0 Å². The van der Waals surface area contributed by atoms with Crippen LogP contribution in [-0.2, 0) is 16.6 Å².